The summed E-state index contributed by atoms with van der Waals surface area (Å²) in [4.78, 5) is 2.41. The zero-order valence-electron chi connectivity index (χ0n) is 8.66. The van der Waals surface area contributed by atoms with Crippen LogP contribution in [-0.4, -0.2) is 28.2 Å². The lowest BCUT2D eigenvalue weighted by atomic mass is 9.68. The van der Waals surface area contributed by atoms with Gasteiger partial charge in [-0.25, -0.2) is 0 Å². The minimum absolute atomic E-state index is 0.0875. The van der Waals surface area contributed by atoms with Gasteiger partial charge < -0.3 is 4.42 Å². The predicted octanol–water partition coefficient (Wildman–Crippen LogP) is 1.46. The summed E-state index contributed by atoms with van der Waals surface area (Å²) in [5.74, 6) is 1.50. The van der Waals surface area contributed by atoms with E-state index in [0.29, 0.717) is 5.89 Å². The number of fused-ring (bicyclic) bond motifs is 2. The van der Waals surface area contributed by atoms with Gasteiger partial charge in [0.25, 0.3) is 0 Å². The van der Waals surface area contributed by atoms with Crippen LogP contribution in [0.4, 0.5) is 0 Å². The van der Waals surface area contributed by atoms with Crippen molar-refractivity contribution < 1.29 is 4.42 Å². The predicted molar refractivity (Wildman–Crippen MR) is 50.7 cm³/mol. The van der Waals surface area contributed by atoms with Crippen LogP contribution >= 0.6 is 0 Å². The third-order valence-corrected chi connectivity index (χ3v) is 3.85. The van der Waals surface area contributed by atoms with Crippen LogP contribution < -0.4 is 0 Å². The maximum absolute atomic E-state index is 5.57. The van der Waals surface area contributed by atoms with Gasteiger partial charge in [-0.1, -0.05) is 0 Å². The molecule has 0 N–H and O–H groups in total. The topological polar surface area (TPSA) is 42.2 Å². The summed E-state index contributed by atoms with van der Waals surface area (Å²) in [7, 11) is 2.17. The van der Waals surface area contributed by atoms with Gasteiger partial charge in [0.2, 0.25) is 11.8 Å². The summed E-state index contributed by atoms with van der Waals surface area (Å²) < 4.78 is 5.57. The van der Waals surface area contributed by atoms with Gasteiger partial charge in [-0.05, 0) is 32.7 Å². The Bertz CT molecular complexity index is 358. The Morgan fingerprint density at radius 1 is 1.50 bits per heavy atom. The summed E-state index contributed by atoms with van der Waals surface area (Å²) in [6, 6.07) is 0.746. The molecule has 1 aromatic rings. The van der Waals surface area contributed by atoms with Crippen LogP contribution in [0.5, 0.6) is 0 Å². The van der Waals surface area contributed by atoms with Crippen molar-refractivity contribution in [2.24, 2.45) is 0 Å². The van der Waals surface area contributed by atoms with E-state index in [1.54, 1.807) is 0 Å². The molecule has 0 unspecified atom stereocenters. The maximum atomic E-state index is 5.57. The average molecular weight is 193 g/mol. The quantitative estimate of drug-likeness (QED) is 0.677. The van der Waals surface area contributed by atoms with Crippen molar-refractivity contribution in [1.29, 1.82) is 0 Å². The molecule has 1 aromatic heterocycles. The fraction of sp³-hybridized carbons (Fsp3) is 0.800. The minimum atomic E-state index is 0.0875. The highest BCUT2D eigenvalue weighted by Crippen LogP contribution is 2.52. The molecule has 4 heteroatoms. The molecular formula is C10H15N3O. The minimum Gasteiger partial charge on any atom is -0.424 e. The smallest absolute Gasteiger partial charge is 0.236 e. The molecule has 3 heterocycles. The molecular weight excluding hydrogens is 178 g/mol. The molecule has 2 aliphatic heterocycles. The fourth-order valence-corrected chi connectivity index (χ4v) is 2.94. The first kappa shape index (κ1) is 8.41. The highest BCUT2D eigenvalue weighted by atomic mass is 16.4. The number of aromatic nitrogens is 2. The molecule has 4 nitrogen and oxygen atoms in total. The first-order chi connectivity index (χ1) is 6.72. The van der Waals surface area contributed by atoms with Crippen molar-refractivity contribution in [2.45, 2.75) is 44.2 Å². The first-order valence-corrected chi connectivity index (χ1v) is 5.26. The number of aryl methyl sites for hydroxylation is 1. The third-order valence-electron chi connectivity index (χ3n) is 3.85. The molecule has 1 saturated carbocycles. The number of rotatable bonds is 1. The summed E-state index contributed by atoms with van der Waals surface area (Å²) in [6.45, 7) is 1.85. The zero-order chi connectivity index (χ0) is 9.76. The van der Waals surface area contributed by atoms with E-state index in [9.17, 15) is 0 Å². The highest BCUT2D eigenvalue weighted by molar-refractivity contribution is 5.15. The molecule has 3 aliphatic rings. The lowest BCUT2D eigenvalue weighted by Gasteiger charge is -2.58. The van der Waals surface area contributed by atoms with E-state index in [2.05, 4.69) is 22.1 Å². The first-order valence-electron chi connectivity index (χ1n) is 5.26. The van der Waals surface area contributed by atoms with Gasteiger partial charge in [-0.3, -0.25) is 4.90 Å². The van der Waals surface area contributed by atoms with Crippen LogP contribution in [-0.2, 0) is 5.54 Å². The fourth-order valence-electron chi connectivity index (χ4n) is 2.94. The Labute approximate surface area is 83.3 Å². The van der Waals surface area contributed by atoms with Gasteiger partial charge in [-0.15, -0.1) is 10.2 Å². The van der Waals surface area contributed by atoms with E-state index in [-0.39, 0.29) is 5.54 Å². The van der Waals surface area contributed by atoms with Crippen molar-refractivity contribution in [1.82, 2.24) is 15.1 Å². The van der Waals surface area contributed by atoms with Crippen molar-refractivity contribution >= 4 is 0 Å². The van der Waals surface area contributed by atoms with Crippen molar-refractivity contribution in [3.05, 3.63) is 11.8 Å². The summed E-state index contributed by atoms with van der Waals surface area (Å²) in [6.07, 6.45) is 4.98. The molecule has 14 heavy (non-hydrogen) atoms. The standard InChI is InChI=1S/C10H15N3O/c1-7-11-12-9(14-7)10-5-3-4-8(6-10)13(10)2/h8H,3-6H2,1-2H3/t8-,10+/m1/s1. The normalized spacial score (nSPS) is 36.9. The van der Waals surface area contributed by atoms with Crippen molar-refractivity contribution in [2.75, 3.05) is 7.05 Å². The van der Waals surface area contributed by atoms with Gasteiger partial charge in [-0.2, -0.15) is 0 Å². The summed E-state index contributed by atoms with van der Waals surface area (Å²) in [5, 5.41) is 8.09. The van der Waals surface area contributed by atoms with Gasteiger partial charge in [0, 0.05) is 13.0 Å². The monoisotopic (exact) mass is 193 g/mol. The van der Waals surface area contributed by atoms with E-state index >= 15 is 0 Å². The van der Waals surface area contributed by atoms with Crippen LogP contribution in [0.15, 0.2) is 4.42 Å². The number of piperidine rings is 1. The summed E-state index contributed by atoms with van der Waals surface area (Å²) in [5.41, 5.74) is 0.0875. The van der Waals surface area contributed by atoms with E-state index in [1.165, 1.54) is 25.7 Å². The van der Waals surface area contributed by atoms with E-state index in [0.717, 1.165) is 11.9 Å². The second-order valence-electron chi connectivity index (χ2n) is 4.52. The Balaban J connectivity index is 1.97. The second kappa shape index (κ2) is 2.57. The maximum Gasteiger partial charge on any atom is 0.236 e. The van der Waals surface area contributed by atoms with Crippen molar-refractivity contribution in [3.8, 4) is 0 Å². The largest absolute Gasteiger partial charge is 0.424 e. The molecule has 0 amide bonds. The molecule has 0 aromatic carbocycles. The lowest BCUT2D eigenvalue weighted by molar-refractivity contribution is -0.114. The van der Waals surface area contributed by atoms with Crippen LogP contribution in [0.2, 0.25) is 0 Å². The van der Waals surface area contributed by atoms with E-state index in [4.69, 9.17) is 4.42 Å². The van der Waals surface area contributed by atoms with E-state index < -0.39 is 0 Å². The van der Waals surface area contributed by atoms with Gasteiger partial charge in [0.15, 0.2) is 0 Å². The number of hydrogen-bond donors (Lipinski definition) is 0. The SMILES string of the molecule is Cc1nnc([C@]23CCC[C@H](C2)N3C)o1. The molecule has 2 saturated heterocycles. The zero-order valence-corrected chi connectivity index (χ0v) is 8.66. The molecule has 2 bridgehead atoms. The molecule has 4 rings (SSSR count). The molecule has 0 radical (unpaired) electrons. The molecule has 76 valence electrons. The highest BCUT2D eigenvalue weighted by Gasteiger charge is 2.56. The molecule has 3 fully saturated rings. The van der Waals surface area contributed by atoms with Crippen LogP contribution in [0.25, 0.3) is 0 Å². The third kappa shape index (κ3) is 0.869. The van der Waals surface area contributed by atoms with Crippen LogP contribution in [0.1, 0.15) is 37.5 Å². The Morgan fingerprint density at radius 3 is 2.93 bits per heavy atom. The van der Waals surface area contributed by atoms with Crippen LogP contribution in [0.3, 0.4) is 0 Å². The number of nitrogens with zero attached hydrogens (tertiary/aromatic N) is 3. The van der Waals surface area contributed by atoms with Gasteiger partial charge >= 0.3 is 0 Å². The average Bonchev–Trinajstić information content (AvgIpc) is 2.65. The summed E-state index contributed by atoms with van der Waals surface area (Å²) >= 11 is 0. The van der Waals surface area contributed by atoms with Gasteiger partial charge in [0.1, 0.15) is 5.54 Å². The number of hydrogen-bond acceptors (Lipinski definition) is 4. The Hall–Kier alpha value is -0.900. The van der Waals surface area contributed by atoms with Crippen molar-refractivity contribution in [3.63, 3.8) is 0 Å². The van der Waals surface area contributed by atoms with Gasteiger partial charge in [0.05, 0.1) is 0 Å². The molecule has 2 atom stereocenters. The molecule has 0 spiro atoms. The Kier molecular flexibility index (Phi) is 1.54. The Morgan fingerprint density at radius 2 is 2.36 bits per heavy atom. The second-order valence-corrected chi connectivity index (χ2v) is 4.52. The van der Waals surface area contributed by atoms with Crippen LogP contribution in [0, 0.1) is 6.92 Å². The molecule has 1 aliphatic carbocycles. The van der Waals surface area contributed by atoms with E-state index in [1.807, 2.05) is 6.92 Å². The lowest BCUT2D eigenvalue weighted by Crippen LogP contribution is -2.64.